The molecule has 2 aromatic carbocycles. The lowest BCUT2D eigenvalue weighted by Crippen LogP contribution is -2.41. The Labute approximate surface area is 133 Å². The first-order chi connectivity index (χ1) is 10.7. The molecule has 0 radical (unpaired) electrons. The molecule has 2 heterocycles. The number of para-hydroxylation sites is 1. The van der Waals surface area contributed by atoms with Crippen molar-refractivity contribution in [1.29, 1.82) is 0 Å². The maximum absolute atomic E-state index is 14.2. The lowest BCUT2D eigenvalue weighted by atomic mass is 10.0. The number of fused-ring (bicyclic) bond motifs is 2. The first kappa shape index (κ1) is 13.8. The quantitative estimate of drug-likeness (QED) is 0.797. The fourth-order valence-electron chi connectivity index (χ4n) is 3.32. The Morgan fingerprint density at radius 1 is 1.14 bits per heavy atom. The van der Waals surface area contributed by atoms with Gasteiger partial charge in [-0.15, -0.1) is 11.8 Å². The molecule has 0 saturated heterocycles. The second-order valence-corrected chi connectivity index (χ2v) is 7.00. The zero-order chi connectivity index (χ0) is 15.1. The van der Waals surface area contributed by atoms with Crippen molar-refractivity contribution in [3.8, 4) is 0 Å². The van der Waals surface area contributed by atoms with Crippen molar-refractivity contribution in [2.45, 2.75) is 29.4 Å². The number of benzene rings is 2. The van der Waals surface area contributed by atoms with Gasteiger partial charge in [0.1, 0.15) is 5.82 Å². The average molecular weight is 313 g/mol. The topological polar surface area (TPSA) is 20.3 Å². The summed E-state index contributed by atoms with van der Waals surface area (Å²) in [5, 5.41) is -0.136. The smallest absolute Gasteiger partial charge is 0.240 e. The first-order valence-corrected chi connectivity index (χ1v) is 8.45. The van der Waals surface area contributed by atoms with Crippen molar-refractivity contribution in [3.05, 3.63) is 59.4 Å². The van der Waals surface area contributed by atoms with Crippen LogP contribution >= 0.6 is 11.8 Å². The molecular formula is C18H16FNOS. The predicted octanol–water partition coefficient (Wildman–Crippen LogP) is 3.82. The zero-order valence-electron chi connectivity index (χ0n) is 12.1. The number of thioether (sulfide) groups is 1. The number of carbonyl (C=O) groups excluding carboxylic acids is 1. The monoisotopic (exact) mass is 313 g/mol. The van der Waals surface area contributed by atoms with Crippen LogP contribution in [0.4, 0.5) is 10.1 Å². The molecule has 1 unspecified atom stereocenters. The fraction of sp³-hybridized carbons (Fsp3) is 0.278. The van der Waals surface area contributed by atoms with Crippen molar-refractivity contribution in [3.63, 3.8) is 0 Å². The minimum absolute atomic E-state index is 0.0345. The standard InChI is InChI=1S/C18H16FNOS/c19-14-8-3-6-12-7-4-10-20(17(12)14)18(21)16-11-13-5-1-2-9-15(13)22-16/h1-3,5-6,8-9,16H,4,7,10-11H2. The van der Waals surface area contributed by atoms with Crippen LogP contribution < -0.4 is 4.90 Å². The van der Waals surface area contributed by atoms with Crippen LogP contribution in [-0.2, 0) is 17.6 Å². The van der Waals surface area contributed by atoms with Crippen LogP contribution in [0.25, 0.3) is 0 Å². The number of rotatable bonds is 1. The van der Waals surface area contributed by atoms with Crippen LogP contribution in [0.5, 0.6) is 0 Å². The van der Waals surface area contributed by atoms with Crippen LogP contribution in [-0.4, -0.2) is 17.7 Å². The van der Waals surface area contributed by atoms with Gasteiger partial charge < -0.3 is 4.90 Å². The van der Waals surface area contributed by atoms with E-state index in [-0.39, 0.29) is 17.0 Å². The number of halogens is 1. The Bertz CT molecular complexity index is 721. The number of anilines is 1. The van der Waals surface area contributed by atoms with E-state index >= 15 is 0 Å². The summed E-state index contributed by atoms with van der Waals surface area (Å²) in [6, 6.07) is 13.2. The third kappa shape index (κ3) is 2.22. The van der Waals surface area contributed by atoms with Gasteiger partial charge >= 0.3 is 0 Å². The Morgan fingerprint density at radius 2 is 1.95 bits per heavy atom. The van der Waals surface area contributed by atoms with Crippen LogP contribution in [0.2, 0.25) is 0 Å². The van der Waals surface area contributed by atoms with Crippen LogP contribution in [0.15, 0.2) is 47.4 Å². The van der Waals surface area contributed by atoms with Crippen molar-refractivity contribution in [1.82, 2.24) is 0 Å². The summed E-state index contributed by atoms with van der Waals surface area (Å²) < 4.78 is 14.2. The molecule has 0 aromatic heterocycles. The molecule has 2 nitrogen and oxygen atoms in total. The van der Waals surface area contributed by atoms with Gasteiger partial charge in [0, 0.05) is 11.4 Å². The van der Waals surface area contributed by atoms with E-state index in [0.29, 0.717) is 12.2 Å². The number of hydrogen-bond acceptors (Lipinski definition) is 2. The van der Waals surface area contributed by atoms with Gasteiger partial charge in [-0.3, -0.25) is 4.79 Å². The lowest BCUT2D eigenvalue weighted by molar-refractivity contribution is -0.118. The summed E-state index contributed by atoms with van der Waals surface area (Å²) >= 11 is 1.60. The Morgan fingerprint density at radius 3 is 2.82 bits per heavy atom. The molecular weight excluding hydrogens is 297 g/mol. The average Bonchev–Trinajstić information content (AvgIpc) is 2.98. The third-order valence-corrected chi connectivity index (χ3v) is 5.66. The second kappa shape index (κ2) is 5.43. The molecule has 2 aliphatic heterocycles. The molecule has 0 fully saturated rings. The maximum atomic E-state index is 14.2. The van der Waals surface area contributed by atoms with Crippen molar-refractivity contribution < 1.29 is 9.18 Å². The van der Waals surface area contributed by atoms with Crippen molar-refractivity contribution in [2.75, 3.05) is 11.4 Å². The summed E-state index contributed by atoms with van der Waals surface area (Å²) in [5.74, 6) is -0.252. The van der Waals surface area contributed by atoms with Gasteiger partial charge in [-0.1, -0.05) is 30.3 Å². The maximum Gasteiger partial charge on any atom is 0.240 e. The molecule has 112 valence electrons. The van der Waals surface area contributed by atoms with E-state index in [9.17, 15) is 9.18 Å². The molecule has 2 aliphatic rings. The highest BCUT2D eigenvalue weighted by Gasteiger charge is 2.34. The Kier molecular flexibility index (Phi) is 3.41. The number of hydrogen-bond donors (Lipinski definition) is 0. The minimum atomic E-state index is -0.286. The van der Waals surface area contributed by atoms with Gasteiger partial charge in [-0.2, -0.15) is 0 Å². The van der Waals surface area contributed by atoms with Gasteiger partial charge in [0.25, 0.3) is 0 Å². The van der Waals surface area contributed by atoms with Gasteiger partial charge in [0.05, 0.1) is 10.9 Å². The van der Waals surface area contributed by atoms with Gasteiger partial charge in [0.15, 0.2) is 0 Å². The predicted molar refractivity (Wildman–Crippen MR) is 86.9 cm³/mol. The fourth-order valence-corrected chi connectivity index (χ4v) is 4.57. The van der Waals surface area contributed by atoms with E-state index in [4.69, 9.17) is 0 Å². The number of nitrogens with zero attached hydrogens (tertiary/aromatic N) is 1. The highest BCUT2D eigenvalue weighted by molar-refractivity contribution is 8.01. The van der Waals surface area contributed by atoms with E-state index in [1.807, 2.05) is 18.2 Å². The third-order valence-electron chi connectivity index (χ3n) is 4.36. The second-order valence-electron chi connectivity index (χ2n) is 5.76. The summed E-state index contributed by atoms with van der Waals surface area (Å²) in [6.07, 6.45) is 2.47. The van der Waals surface area contributed by atoms with Crippen molar-refractivity contribution in [2.24, 2.45) is 0 Å². The Hall–Kier alpha value is -1.81. The molecule has 1 amide bonds. The normalized spacial score (nSPS) is 19.7. The summed E-state index contributed by atoms with van der Waals surface area (Å²) in [7, 11) is 0. The molecule has 22 heavy (non-hydrogen) atoms. The molecule has 0 spiro atoms. The molecule has 4 rings (SSSR count). The number of carbonyl (C=O) groups is 1. The van der Waals surface area contributed by atoms with E-state index in [2.05, 4.69) is 12.1 Å². The van der Waals surface area contributed by atoms with E-state index in [0.717, 1.165) is 24.8 Å². The number of amides is 1. The molecule has 0 aliphatic carbocycles. The van der Waals surface area contributed by atoms with Crippen molar-refractivity contribution >= 4 is 23.4 Å². The van der Waals surface area contributed by atoms with Gasteiger partial charge in [-0.05, 0) is 42.5 Å². The first-order valence-electron chi connectivity index (χ1n) is 7.57. The summed E-state index contributed by atoms with van der Waals surface area (Å²) in [6.45, 7) is 0.611. The summed E-state index contributed by atoms with van der Waals surface area (Å²) in [4.78, 5) is 15.8. The van der Waals surface area contributed by atoms with E-state index in [1.54, 1.807) is 22.7 Å². The minimum Gasteiger partial charge on any atom is -0.308 e. The van der Waals surface area contributed by atoms with Crippen LogP contribution in [0.1, 0.15) is 17.5 Å². The SMILES string of the molecule is O=C(C1Cc2ccccc2S1)N1CCCc2cccc(F)c21. The Balaban J connectivity index is 1.64. The zero-order valence-corrected chi connectivity index (χ0v) is 12.9. The van der Waals surface area contributed by atoms with E-state index < -0.39 is 0 Å². The van der Waals surface area contributed by atoms with Gasteiger partial charge in [0.2, 0.25) is 5.91 Å². The number of aryl methyl sites for hydroxylation is 1. The summed E-state index contributed by atoms with van der Waals surface area (Å²) in [5.41, 5.74) is 2.66. The molecule has 0 N–H and O–H groups in total. The largest absolute Gasteiger partial charge is 0.308 e. The van der Waals surface area contributed by atoms with Gasteiger partial charge in [-0.25, -0.2) is 4.39 Å². The highest BCUT2D eigenvalue weighted by Crippen LogP contribution is 2.39. The molecule has 0 saturated carbocycles. The lowest BCUT2D eigenvalue weighted by Gasteiger charge is -2.31. The van der Waals surface area contributed by atoms with E-state index in [1.165, 1.54) is 16.5 Å². The molecule has 0 bridgehead atoms. The van der Waals surface area contributed by atoms with Crippen LogP contribution in [0.3, 0.4) is 0 Å². The molecule has 4 heteroatoms. The molecule has 2 aromatic rings. The molecule has 1 atom stereocenters. The van der Waals surface area contributed by atoms with Crippen LogP contribution in [0, 0.1) is 5.82 Å². The highest BCUT2D eigenvalue weighted by atomic mass is 32.2.